The van der Waals surface area contributed by atoms with Crippen molar-refractivity contribution in [1.29, 1.82) is 0 Å². The molecule has 1 saturated heterocycles. The van der Waals surface area contributed by atoms with Crippen LogP contribution in [0.3, 0.4) is 0 Å². The minimum Gasteiger partial charge on any atom is -0.490 e. The van der Waals surface area contributed by atoms with Crippen molar-refractivity contribution in [2.24, 2.45) is 5.92 Å². The Kier molecular flexibility index (Phi) is 5.47. The lowest BCUT2D eigenvalue weighted by Crippen LogP contribution is -2.41. The summed E-state index contributed by atoms with van der Waals surface area (Å²) in [6.07, 6.45) is 5.96. The smallest absolute Gasteiger partial charge is 0.210 e. The Balaban J connectivity index is 1.41. The lowest BCUT2D eigenvalue weighted by atomic mass is 9.82. The number of hydrogen-bond acceptors (Lipinski definition) is 4. The van der Waals surface area contributed by atoms with Gasteiger partial charge in [-0.2, -0.15) is 0 Å². The zero-order chi connectivity index (χ0) is 17.2. The molecule has 1 aliphatic heterocycles. The average Bonchev–Trinajstić information content (AvgIpc) is 2.98. The Hall–Kier alpha value is -1.11. The first kappa shape index (κ1) is 17.7. The number of hydrogen-bond donors (Lipinski definition) is 0. The highest BCUT2D eigenvalue weighted by molar-refractivity contribution is 7.88. The van der Waals surface area contributed by atoms with Crippen LogP contribution in [0.5, 0.6) is 5.75 Å². The van der Waals surface area contributed by atoms with E-state index in [-0.39, 0.29) is 6.10 Å². The van der Waals surface area contributed by atoms with E-state index in [9.17, 15) is 8.42 Å². The van der Waals surface area contributed by atoms with Crippen LogP contribution in [-0.4, -0.2) is 56.7 Å². The highest BCUT2D eigenvalue weighted by atomic mass is 32.2. The van der Waals surface area contributed by atoms with Gasteiger partial charge in [0.15, 0.2) is 0 Å². The molecule has 5 nitrogen and oxygen atoms in total. The SMILES string of the molecule is CN(CC1CC(Oc2ccc(CN3CCCC3)cc2)C1)S(C)(=O)=O. The van der Waals surface area contributed by atoms with Gasteiger partial charge in [0.2, 0.25) is 10.0 Å². The van der Waals surface area contributed by atoms with Gasteiger partial charge in [-0.3, -0.25) is 4.90 Å². The summed E-state index contributed by atoms with van der Waals surface area (Å²) < 4.78 is 30.3. The van der Waals surface area contributed by atoms with Crippen LogP contribution in [0, 0.1) is 5.92 Å². The predicted molar refractivity (Wildman–Crippen MR) is 95.6 cm³/mol. The first-order valence-electron chi connectivity index (χ1n) is 8.79. The summed E-state index contributed by atoms with van der Waals surface area (Å²) in [5, 5.41) is 0. The molecule has 1 aromatic carbocycles. The molecular formula is C18H28N2O3S. The number of ether oxygens (including phenoxy) is 1. The molecule has 1 heterocycles. The van der Waals surface area contributed by atoms with Gasteiger partial charge >= 0.3 is 0 Å². The molecule has 134 valence electrons. The molecule has 2 fully saturated rings. The van der Waals surface area contributed by atoms with Crippen LogP contribution in [0.1, 0.15) is 31.2 Å². The van der Waals surface area contributed by atoms with Crippen molar-refractivity contribution >= 4 is 10.0 Å². The minimum absolute atomic E-state index is 0.215. The summed E-state index contributed by atoms with van der Waals surface area (Å²) in [5.41, 5.74) is 1.34. The van der Waals surface area contributed by atoms with Crippen LogP contribution in [0.15, 0.2) is 24.3 Å². The second-order valence-electron chi connectivity index (χ2n) is 7.25. The topological polar surface area (TPSA) is 49.9 Å². The van der Waals surface area contributed by atoms with Gasteiger partial charge in [-0.05, 0) is 62.4 Å². The standard InChI is InChI=1S/C18H28N2O3S/c1-19(24(2,21)22)13-16-11-18(12-16)23-17-7-5-15(6-8-17)14-20-9-3-4-10-20/h5-8,16,18H,3-4,9-14H2,1-2H3. The molecule has 0 N–H and O–H groups in total. The van der Waals surface area contributed by atoms with Crippen molar-refractivity contribution in [3.05, 3.63) is 29.8 Å². The van der Waals surface area contributed by atoms with Crippen LogP contribution in [0.4, 0.5) is 0 Å². The Morgan fingerprint density at radius 2 is 1.79 bits per heavy atom. The maximum Gasteiger partial charge on any atom is 0.210 e. The third-order valence-electron chi connectivity index (χ3n) is 5.10. The summed E-state index contributed by atoms with van der Waals surface area (Å²) in [7, 11) is -1.44. The Bertz CT molecular complexity index is 633. The fourth-order valence-corrected chi connectivity index (χ4v) is 3.97. The molecule has 1 saturated carbocycles. The van der Waals surface area contributed by atoms with E-state index < -0.39 is 10.0 Å². The summed E-state index contributed by atoms with van der Waals surface area (Å²) >= 11 is 0. The van der Waals surface area contributed by atoms with Crippen molar-refractivity contribution in [3.63, 3.8) is 0 Å². The van der Waals surface area contributed by atoms with Gasteiger partial charge in [-0.25, -0.2) is 12.7 Å². The Morgan fingerprint density at radius 3 is 2.38 bits per heavy atom. The lowest BCUT2D eigenvalue weighted by molar-refractivity contribution is 0.0576. The van der Waals surface area contributed by atoms with E-state index in [0.29, 0.717) is 12.5 Å². The molecular weight excluding hydrogens is 324 g/mol. The first-order valence-corrected chi connectivity index (χ1v) is 10.6. The van der Waals surface area contributed by atoms with Gasteiger partial charge in [-0.1, -0.05) is 12.1 Å². The van der Waals surface area contributed by atoms with Gasteiger partial charge in [0.05, 0.1) is 12.4 Å². The number of sulfonamides is 1. The lowest BCUT2D eigenvalue weighted by Gasteiger charge is -2.37. The number of likely N-dealkylation sites (tertiary alicyclic amines) is 1. The highest BCUT2D eigenvalue weighted by Crippen LogP contribution is 2.32. The van der Waals surface area contributed by atoms with Gasteiger partial charge in [0.25, 0.3) is 0 Å². The molecule has 2 aliphatic rings. The molecule has 0 atom stereocenters. The average molecular weight is 353 g/mol. The highest BCUT2D eigenvalue weighted by Gasteiger charge is 2.33. The van der Waals surface area contributed by atoms with Gasteiger partial charge < -0.3 is 4.74 Å². The summed E-state index contributed by atoms with van der Waals surface area (Å²) in [6, 6.07) is 8.42. The van der Waals surface area contributed by atoms with Crippen molar-refractivity contribution < 1.29 is 13.2 Å². The Morgan fingerprint density at radius 1 is 1.17 bits per heavy atom. The van der Waals surface area contributed by atoms with Gasteiger partial charge in [0, 0.05) is 20.1 Å². The second kappa shape index (κ2) is 7.42. The molecule has 0 bridgehead atoms. The molecule has 24 heavy (non-hydrogen) atoms. The zero-order valence-corrected chi connectivity index (χ0v) is 15.5. The molecule has 0 amide bonds. The van der Waals surface area contributed by atoms with E-state index in [1.807, 2.05) is 0 Å². The first-order chi connectivity index (χ1) is 11.4. The third-order valence-corrected chi connectivity index (χ3v) is 6.39. The van der Waals surface area contributed by atoms with E-state index in [1.54, 1.807) is 7.05 Å². The normalized spacial score (nSPS) is 25.0. The molecule has 1 aromatic rings. The van der Waals surface area contributed by atoms with Crippen molar-refractivity contribution in [2.75, 3.05) is 32.9 Å². The van der Waals surface area contributed by atoms with Crippen LogP contribution >= 0.6 is 0 Å². The predicted octanol–water partition coefficient (Wildman–Crippen LogP) is 2.33. The van der Waals surface area contributed by atoms with Gasteiger partial charge in [-0.15, -0.1) is 0 Å². The van der Waals surface area contributed by atoms with Crippen LogP contribution in [0.25, 0.3) is 0 Å². The van der Waals surface area contributed by atoms with Crippen molar-refractivity contribution in [1.82, 2.24) is 9.21 Å². The Labute approximate surface area is 145 Å². The molecule has 1 aliphatic carbocycles. The number of nitrogens with zero attached hydrogens (tertiary/aromatic N) is 2. The van der Waals surface area contributed by atoms with E-state index >= 15 is 0 Å². The van der Waals surface area contributed by atoms with E-state index in [4.69, 9.17) is 4.74 Å². The third kappa shape index (κ3) is 4.71. The van der Waals surface area contributed by atoms with E-state index in [2.05, 4.69) is 29.2 Å². The largest absolute Gasteiger partial charge is 0.490 e. The molecule has 0 unspecified atom stereocenters. The minimum atomic E-state index is -3.08. The fraction of sp³-hybridized carbons (Fsp3) is 0.667. The van der Waals surface area contributed by atoms with Crippen molar-refractivity contribution in [2.45, 2.75) is 38.3 Å². The van der Waals surface area contributed by atoms with E-state index in [1.165, 1.54) is 42.1 Å². The monoisotopic (exact) mass is 352 g/mol. The summed E-state index contributed by atoms with van der Waals surface area (Å²) in [4.78, 5) is 2.49. The zero-order valence-electron chi connectivity index (χ0n) is 14.6. The van der Waals surface area contributed by atoms with E-state index in [0.717, 1.165) is 25.1 Å². The quantitative estimate of drug-likeness (QED) is 0.756. The molecule has 3 rings (SSSR count). The molecule has 0 aromatic heterocycles. The number of rotatable bonds is 7. The maximum atomic E-state index is 11.4. The maximum absolute atomic E-state index is 11.4. The van der Waals surface area contributed by atoms with Crippen LogP contribution in [0.2, 0.25) is 0 Å². The number of benzene rings is 1. The second-order valence-corrected chi connectivity index (χ2v) is 9.34. The fourth-order valence-electron chi connectivity index (χ4n) is 3.48. The van der Waals surface area contributed by atoms with Gasteiger partial charge in [0.1, 0.15) is 5.75 Å². The van der Waals surface area contributed by atoms with Crippen LogP contribution < -0.4 is 4.74 Å². The molecule has 0 radical (unpaired) electrons. The summed E-state index contributed by atoms with van der Waals surface area (Å²) in [6.45, 7) is 4.05. The molecule has 0 spiro atoms. The van der Waals surface area contributed by atoms with Crippen LogP contribution in [-0.2, 0) is 16.6 Å². The summed E-state index contributed by atoms with van der Waals surface area (Å²) in [5.74, 6) is 1.32. The van der Waals surface area contributed by atoms with Crippen molar-refractivity contribution in [3.8, 4) is 5.75 Å². The molecule has 6 heteroatoms.